The molecule has 4 amide bonds. The van der Waals surface area contributed by atoms with Crippen LogP contribution in [-0.4, -0.2) is 45.1 Å². The van der Waals surface area contributed by atoms with Crippen molar-refractivity contribution in [2.24, 2.45) is 29.6 Å². The van der Waals surface area contributed by atoms with Gasteiger partial charge in [0.15, 0.2) is 11.2 Å². The number of hydrogen-bond donors (Lipinski definition) is 1. The Labute approximate surface area is 348 Å². The van der Waals surface area contributed by atoms with Crippen molar-refractivity contribution in [2.75, 3.05) is 9.80 Å². The predicted octanol–water partition coefficient (Wildman–Crippen LogP) is 8.95. The molecule has 1 saturated carbocycles. The molecule has 5 aromatic carbocycles. The average Bonchev–Trinajstić information content (AvgIpc) is 4.02. The highest BCUT2D eigenvalue weighted by atomic mass is 19.4. The van der Waals surface area contributed by atoms with E-state index in [0.29, 0.717) is 56.4 Å². The average molecular weight is 837 g/mol. The highest BCUT2D eigenvalue weighted by Gasteiger charge is 2.62. The monoisotopic (exact) mass is 836 g/mol. The van der Waals surface area contributed by atoms with Crippen molar-refractivity contribution >= 4 is 57.2 Å². The zero-order valence-corrected chi connectivity index (χ0v) is 32.2. The number of fused-ring (bicyclic) bond motifs is 6. The molecular weight excluding hydrogens is 806 g/mol. The number of oxazole rings is 2. The van der Waals surface area contributed by atoms with E-state index in [9.17, 15) is 37.5 Å². The first-order chi connectivity index (χ1) is 29.9. The van der Waals surface area contributed by atoms with Gasteiger partial charge in [-0.1, -0.05) is 35.9 Å². The number of rotatable bonds is 6. The van der Waals surface area contributed by atoms with Crippen LogP contribution in [0.1, 0.15) is 24.3 Å². The van der Waals surface area contributed by atoms with Crippen molar-refractivity contribution < 1.29 is 51.0 Å². The summed E-state index contributed by atoms with van der Waals surface area (Å²) in [4.78, 5) is 69.3. The molecule has 0 radical (unpaired) electrons. The molecule has 2 aliphatic carbocycles. The number of benzene rings is 5. The summed E-state index contributed by atoms with van der Waals surface area (Å²) in [6, 6.07) is 30.7. The highest BCUT2D eigenvalue weighted by Crippen LogP contribution is 2.59. The number of alkyl halides is 3. The predicted molar refractivity (Wildman–Crippen MR) is 216 cm³/mol. The number of aromatic hydroxyl groups is 1. The molecule has 1 N–H and O–H groups in total. The second-order valence-electron chi connectivity index (χ2n) is 15.9. The maximum Gasteiger partial charge on any atom is 0.573 e. The van der Waals surface area contributed by atoms with Gasteiger partial charge in [-0.05, 0) is 110 Å². The summed E-state index contributed by atoms with van der Waals surface area (Å²) in [5.74, 6) is -8.49. The Balaban J connectivity index is 0.949. The van der Waals surface area contributed by atoms with Gasteiger partial charge in [0.2, 0.25) is 35.4 Å². The fourth-order valence-electron chi connectivity index (χ4n) is 9.92. The first-order valence-electron chi connectivity index (χ1n) is 19.9. The largest absolute Gasteiger partial charge is 0.573 e. The van der Waals surface area contributed by atoms with E-state index in [1.807, 2.05) is 30.3 Å². The molecule has 3 fully saturated rings. The Kier molecular flexibility index (Phi) is 8.30. The number of carbonyl (C=O) groups excluding carboxylic acids is 4. The van der Waals surface area contributed by atoms with Crippen molar-refractivity contribution in [3.63, 3.8) is 0 Å². The molecule has 0 bridgehead atoms. The smallest absolute Gasteiger partial charge is 0.508 e. The minimum absolute atomic E-state index is 0.000742. The van der Waals surface area contributed by atoms with Gasteiger partial charge in [0.1, 0.15) is 22.5 Å². The van der Waals surface area contributed by atoms with E-state index in [0.717, 1.165) is 28.0 Å². The maximum atomic E-state index is 14.7. The number of phenols is 1. The molecular formula is C47H31F3N4O8. The Morgan fingerprint density at radius 2 is 1.16 bits per heavy atom. The molecule has 4 heterocycles. The zero-order chi connectivity index (χ0) is 42.6. The number of anilines is 2. The van der Waals surface area contributed by atoms with Crippen molar-refractivity contribution in [2.45, 2.75) is 25.1 Å². The molecule has 4 aliphatic rings. The number of phenolic OH excluding ortho intramolecular Hbond substituents is 1. The van der Waals surface area contributed by atoms with Crippen LogP contribution in [0.3, 0.4) is 0 Å². The van der Waals surface area contributed by atoms with Gasteiger partial charge in [-0.3, -0.25) is 29.0 Å². The molecule has 62 heavy (non-hydrogen) atoms. The summed E-state index contributed by atoms with van der Waals surface area (Å²) in [5.41, 5.74) is 4.67. The Morgan fingerprint density at radius 3 is 1.71 bits per heavy atom. The summed E-state index contributed by atoms with van der Waals surface area (Å²) in [6.07, 6.45) is -3.25. The Bertz CT molecular complexity index is 2980. The van der Waals surface area contributed by atoms with E-state index in [4.69, 9.17) is 8.83 Å². The van der Waals surface area contributed by atoms with E-state index < -0.39 is 77.0 Å². The van der Waals surface area contributed by atoms with Crippen LogP contribution in [0.15, 0.2) is 136 Å². The van der Waals surface area contributed by atoms with Crippen LogP contribution in [0.4, 0.5) is 24.5 Å². The lowest BCUT2D eigenvalue weighted by Gasteiger charge is -2.44. The minimum Gasteiger partial charge on any atom is -0.508 e. The number of para-hydroxylation sites is 4. The quantitative estimate of drug-likeness (QED) is 0.127. The number of hydrogen-bond acceptors (Lipinski definition) is 10. The third-order valence-electron chi connectivity index (χ3n) is 12.5. The second kappa shape index (κ2) is 13.7. The van der Waals surface area contributed by atoms with E-state index in [1.165, 1.54) is 0 Å². The lowest BCUT2D eigenvalue weighted by molar-refractivity contribution is -0.274. The van der Waals surface area contributed by atoms with Gasteiger partial charge in [0, 0.05) is 22.6 Å². The van der Waals surface area contributed by atoms with Crippen LogP contribution in [0.25, 0.3) is 45.1 Å². The summed E-state index contributed by atoms with van der Waals surface area (Å²) >= 11 is 0. The van der Waals surface area contributed by atoms with Crippen molar-refractivity contribution in [3.8, 4) is 34.4 Å². The van der Waals surface area contributed by atoms with Gasteiger partial charge in [-0.2, -0.15) is 0 Å². The molecule has 6 unspecified atom stereocenters. The molecule has 12 nitrogen and oxygen atoms in total. The van der Waals surface area contributed by atoms with E-state index in [2.05, 4.69) is 14.7 Å². The molecule has 2 aliphatic heterocycles. The molecule has 7 aromatic rings. The van der Waals surface area contributed by atoms with Crippen LogP contribution < -0.4 is 14.5 Å². The molecule has 308 valence electrons. The zero-order valence-electron chi connectivity index (χ0n) is 32.2. The third kappa shape index (κ3) is 5.90. The van der Waals surface area contributed by atoms with Crippen LogP contribution in [0.5, 0.6) is 11.5 Å². The first-order valence-corrected chi connectivity index (χ1v) is 19.9. The molecule has 0 spiro atoms. The number of carbonyl (C=O) groups is 4. The number of aromatic nitrogens is 2. The number of allylic oxidation sites excluding steroid dienone is 2. The number of nitrogens with zero attached hydrogens (tertiary/aromatic N) is 4. The maximum absolute atomic E-state index is 14.7. The molecule has 2 saturated heterocycles. The van der Waals surface area contributed by atoms with Crippen molar-refractivity contribution in [1.82, 2.24) is 9.97 Å². The number of halogens is 3. The van der Waals surface area contributed by atoms with E-state index >= 15 is 0 Å². The second-order valence-corrected chi connectivity index (χ2v) is 15.9. The summed E-state index contributed by atoms with van der Waals surface area (Å²) < 4.78 is 56.5. The summed E-state index contributed by atoms with van der Waals surface area (Å²) in [5, 5.41) is 11.3. The van der Waals surface area contributed by atoms with Gasteiger partial charge >= 0.3 is 6.36 Å². The summed E-state index contributed by atoms with van der Waals surface area (Å²) in [7, 11) is 0. The van der Waals surface area contributed by atoms with Gasteiger partial charge in [0.25, 0.3) is 0 Å². The SMILES string of the molecule is O=C1C2CC=C3C(CC4C(=O)N(c5ccc(-c6nc7ccccc7o6)cc5)C(=O)C4C3c3cc(OC(F)(F)F)ccc3O)C2C(=O)N1c1ccc(-c2nc3ccccc3o2)cc1. The van der Waals surface area contributed by atoms with Gasteiger partial charge in [-0.25, -0.2) is 9.97 Å². The fraction of sp³-hybridized carbons (Fsp3) is 0.191. The lowest BCUT2D eigenvalue weighted by Crippen LogP contribution is -2.43. The molecule has 2 aromatic heterocycles. The van der Waals surface area contributed by atoms with Crippen LogP contribution in [0.2, 0.25) is 0 Å². The highest BCUT2D eigenvalue weighted by molar-refractivity contribution is 6.24. The lowest BCUT2D eigenvalue weighted by atomic mass is 9.57. The van der Waals surface area contributed by atoms with Crippen molar-refractivity contribution in [1.29, 1.82) is 0 Å². The normalized spacial score (nSPS) is 23.5. The molecule has 15 heteroatoms. The Hall–Kier alpha value is -7.55. The van der Waals surface area contributed by atoms with Gasteiger partial charge in [0.05, 0.1) is 35.0 Å². The molecule has 11 rings (SSSR count). The number of imide groups is 2. The van der Waals surface area contributed by atoms with Gasteiger partial charge < -0.3 is 18.7 Å². The topological polar surface area (TPSA) is 156 Å². The van der Waals surface area contributed by atoms with E-state index in [1.54, 1.807) is 72.8 Å². The summed E-state index contributed by atoms with van der Waals surface area (Å²) in [6.45, 7) is 0. The van der Waals surface area contributed by atoms with Crippen LogP contribution >= 0.6 is 0 Å². The van der Waals surface area contributed by atoms with Gasteiger partial charge in [-0.15, -0.1) is 13.2 Å². The van der Waals surface area contributed by atoms with Crippen LogP contribution in [0, 0.1) is 29.6 Å². The third-order valence-corrected chi connectivity index (χ3v) is 12.5. The Morgan fingerprint density at radius 1 is 0.629 bits per heavy atom. The van der Waals surface area contributed by atoms with E-state index in [-0.39, 0.29) is 24.1 Å². The number of ether oxygens (including phenoxy) is 1. The molecule has 6 atom stereocenters. The first kappa shape index (κ1) is 37.4. The minimum atomic E-state index is -5.07. The fourth-order valence-corrected chi connectivity index (χ4v) is 9.92. The van der Waals surface area contributed by atoms with Crippen molar-refractivity contribution in [3.05, 3.63) is 132 Å². The van der Waals surface area contributed by atoms with Crippen LogP contribution in [-0.2, 0) is 19.2 Å². The number of amides is 4. The standard InChI is InChI=1S/C47H31F3N4O8/c48-47(49,50)62-27-17-20-35(55)31(21-27)38-28-18-19-29-39(45(58)53(43(29)56)25-13-9-23(10-14-25)41-51-33-5-1-3-7-36(33)60-41)30(28)22-32-40(38)46(59)54(44(32)57)26-15-11-24(12-16-26)42-52-34-6-2-4-8-37(34)61-42/h1-18,20-21,29-30,32,38-40,55H,19,22H2.